The highest BCUT2D eigenvalue weighted by molar-refractivity contribution is 6.19. The summed E-state index contributed by atoms with van der Waals surface area (Å²) < 4.78 is 7.42. The van der Waals surface area contributed by atoms with Gasteiger partial charge in [0.1, 0.15) is 12.0 Å². The van der Waals surface area contributed by atoms with Gasteiger partial charge >= 0.3 is 0 Å². The first-order valence-electron chi connectivity index (χ1n) is 20.3. The SMILES string of the molecule is C1=CC2c3cc4c(cc3N(c3ccccc3)C2C=C1)c1ccccc1n4C1=CC(n2c3ccccc3c3ccccc32)=NC(n2c3ccccc3c3ccccc32)C1. The van der Waals surface area contributed by atoms with Crippen molar-refractivity contribution in [3.8, 4) is 0 Å². The molecule has 0 saturated heterocycles. The van der Waals surface area contributed by atoms with Crippen molar-refractivity contribution >= 4 is 88.3 Å². The number of aliphatic imine (C=N–C) groups is 1. The van der Waals surface area contributed by atoms with Crippen LogP contribution in [0.3, 0.4) is 0 Å². The van der Waals surface area contributed by atoms with E-state index in [0.29, 0.717) is 0 Å². The van der Waals surface area contributed by atoms with E-state index in [0.717, 1.165) is 23.3 Å². The molecule has 0 amide bonds. The maximum Gasteiger partial charge on any atom is 0.136 e. The lowest BCUT2D eigenvalue weighted by Crippen LogP contribution is -2.28. The highest BCUT2D eigenvalue weighted by atomic mass is 15.2. The van der Waals surface area contributed by atoms with Crippen molar-refractivity contribution < 1.29 is 0 Å². The third-order valence-corrected chi connectivity index (χ3v) is 12.9. The summed E-state index contributed by atoms with van der Waals surface area (Å²) in [6.45, 7) is 0. The number of allylic oxidation sites excluding steroid dienone is 3. The predicted octanol–water partition coefficient (Wildman–Crippen LogP) is 13.1. The third-order valence-electron chi connectivity index (χ3n) is 12.9. The Hall–Kier alpha value is -7.37. The summed E-state index contributed by atoms with van der Waals surface area (Å²) in [6, 6.07) is 60.2. The number of fused-ring (bicyclic) bond motifs is 12. The summed E-state index contributed by atoms with van der Waals surface area (Å²) in [5.41, 5.74) is 12.2. The zero-order valence-electron chi connectivity index (χ0n) is 31.7. The molecule has 58 heavy (non-hydrogen) atoms. The number of anilines is 2. The fourth-order valence-corrected chi connectivity index (χ4v) is 10.5. The molecule has 0 radical (unpaired) electrons. The Labute approximate surface area is 335 Å². The molecule has 0 N–H and O–H groups in total. The van der Waals surface area contributed by atoms with Gasteiger partial charge in [0.25, 0.3) is 0 Å². The average molecular weight is 744 g/mol. The Morgan fingerprint density at radius 2 is 0.983 bits per heavy atom. The average Bonchev–Trinajstić information content (AvgIpc) is 4.01. The molecule has 0 spiro atoms. The highest BCUT2D eigenvalue weighted by Crippen LogP contribution is 2.51. The number of dihydropyridines is 1. The zero-order chi connectivity index (χ0) is 37.9. The summed E-state index contributed by atoms with van der Waals surface area (Å²) in [4.78, 5) is 8.31. The number of hydrogen-bond donors (Lipinski definition) is 0. The van der Waals surface area contributed by atoms with E-state index in [4.69, 9.17) is 4.99 Å². The summed E-state index contributed by atoms with van der Waals surface area (Å²) in [7, 11) is 0. The van der Waals surface area contributed by atoms with Crippen molar-refractivity contribution in [2.75, 3.05) is 4.90 Å². The minimum absolute atomic E-state index is 0.199. The van der Waals surface area contributed by atoms with Crippen LogP contribution in [-0.4, -0.2) is 25.6 Å². The molecule has 13 rings (SSSR count). The van der Waals surface area contributed by atoms with Crippen molar-refractivity contribution in [2.45, 2.75) is 24.5 Å². The van der Waals surface area contributed by atoms with Crippen LogP contribution in [0.4, 0.5) is 11.4 Å². The molecule has 274 valence electrons. The molecule has 2 aliphatic heterocycles. The molecule has 3 unspecified atom stereocenters. The third kappa shape index (κ3) is 4.38. The Morgan fingerprint density at radius 1 is 0.466 bits per heavy atom. The first-order valence-corrected chi connectivity index (χ1v) is 20.3. The molecule has 3 atom stereocenters. The second-order valence-corrected chi connectivity index (χ2v) is 15.9. The molecule has 10 aromatic rings. The first kappa shape index (κ1) is 31.8. The molecule has 5 heterocycles. The first-order chi connectivity index (χ1) is 28.8. The zero-order valence-corrected chi connectivity index (χ0v) is 31.7. The summed E-state index contributed by atoms with van der Waals surface area (Å²) in [6.07, 6.45) is 12.1. The van der Waals surface area contributed by atoms with E-state index in [1.807, 2.05) is 0 Å². The lowest BCUT2D eigenvalue weighted by Gasteiger charge is -2.28. The van der Waals surface area contributed by atoms with Crippen molar-refractivity contribution in [2.24, 2.45) is 4.99 Å². The Balaban J connectivity index is 1.10. The highest BCUT2D eigenvalue weighted by Gasteiger charge is 2.38. The fourth-order valence-electron chi connectivity index (χ4n) is 10.5. The quantitative estimate of drug-likeness (QED) is 0.177. The maximum absolute atomic E-state index is 5.77. The fraction of sp³-hybridized carbons (Fsp3) is 0.0755. The summed E-state index contributed by atoms with van der Waals surface area (Å²) in [5.74, 6) is 1.18. The normalized spacial score (nSPS) is 18.8. The van der Waals surface area contributed by atoms with Crippen LogP contribution >= 0.6 is 0 Å². The van der Waals surface area contributed by atoms with Crippen molar-refractivity contribution in [1.82, 2.24) is 13.7 Å². The topological polar surface area (TPSA) is 30.4 Å². The van der Waals surface area contributed by atoms with Gasteiger partial charge in [-0.25, -0.2) is 4.99 Å². The number of hydrogen-bond acceptors (Lipinski definition) is 2. The van der Waals surface area contributed by atoms with Crippen LogP contribution in [0.5, 0.6) is 0 Å². The molecule has 1 aliphatic carbocycles. The van der Waals surface area contributed by atoms with E-state index >= 15 is 0 Å². The summed E-state index contributed by atoms with van der Waals surface area (Å²) >= 11 is 0. The predicted molar refractivity (Wildman–Crippen MR) is 242 cm³/mol. The molecule has 7 aromatic carbocycles. The second-order valence-electron chi connectivity index (χ2n) is 15.9. The Bertz CT molecular complexity index is 3350. The number of aromatic nitrogens is 3. The Kier molecular flexibility index (Phi) is 6.61. The minimum Gasteiger partial charge on any atom is -0.333 e. The van der Waals surface area contributed by atoms with Crippen molar-refractivity contribution in [1.29, 1.82) is 0 Å². The van der Waals surface area contributed by atoms with Crippen LogP contribution in [0, 0.1) is 0 Å². The van der Waals surface area contributed by atoms with Crippen LogP contribution < -0.4 is 4.90 Å². The van der Waals surface area contributed by atoms with E-state index in [1.165, 1.54) is 77.0 Å². The standard InChI is InChI=1S/C53H37N5/c1-2-16-34(17-3-1)55-44-24-10-8-22-40(44)42-33-51-43(32-50(42)55)41-23-9-11-25-45(41)56(51)35-30-52(57-46-26-12-4-18-36(46)37-19-5-13-27-47(37)57)54-53(31-35)58-48-28-14-6-20-38(48)39-21-7-15-29-49(39)58/h1-30,32-33,40,44,53H,31H2. The van der Waals surface area contributed by atoms with Crippen LogP contribution in [0.2, 0.25) is 0 Å². The molecule has 5 heteroatoms. The number of nitrogens with zero attached hydrogens (tertiary/aromatic N) is 5. The van der Waals surface area contributed by atoms with Gasteiger partial charge in [0.2, 0.25) is 0 Å². The number of para-hydroxylation sites is 6. The molecule has 3 aromatic heterocycles. The van der Waals surface area contributed by atoms with Crippen LogP contribution in [0.1, 0.15) is 24.1 Å². The Morgan fingerprint density at radius 3 is 1.62 bits per heavy atom. The van der Waals surface area contributed by atoms with Gasteiger partial charge in [0.05, 0.1) is 39.1 Å². The van der Waals surface area contributed by atoms with Crippen LogP contribution in [0.15, 0.2) is 199 Å². The van der Waals surface area contributed by atoms with Gasteiger partial charge in [-0.3, -0.25) is 4.57 Å². The van der Waals surface area contributed by atoms with Crippen LogP contribution in [0.25, 0.3) is 71.1 Å². The van der Waals surface area contributed by atoms with Gasteiger partial charge < -0.3 is 14.0 Å². The summed E-state index contributed by atoms with van der Waals surface area (Å²) in [5, 5.41) is 7.48. The van der Waals surface area contributed by atoms with Gasteiger partial charge in [0.15, 0.2) is 0 Å². The van der Waals surface area contributed by atoms with Gasteiger partial charge in [0, 0.05) is 67.8 Å². The van der Waals surface area contributed by atoms with E-state index in [-0.39, 0.29) is 18.1 Å². The van der Waals surface area contributed by atoms with E-state index in [2.05, 4.69) is 213 Å². The van der Waals surface area contributed by atoms with Crippen LogP contribution in [-0.2, 0) is 0 Å². The molecular weight excluding hydrogens is 707 g/mol. The van der Waals surface area contributed by atoms with Crippen molar-refractivity contribution in [3.05, 3.63) is 200 Å². The van der Waals surface area contributed by atoms with Gasteiger partial charge in [-0.2, -0.15) is 0 Å². The molecular formula is C53H37N5. The van der Waals surface area contributed by atoms with E-state index < -0.39 is 0 Å². The maximum atomic E-state index is 5.77. The number of rotatable bonds is 3. The van der Waals surface area contributed by atoms with E-state index in [1.54, 1.807) is 0 Å². The smallest absolute Gasteiger partial charge is 0.136 e. The molecule has 3 aliphatic rings. The second kappa shape index (κ2) is 12.1. The minimum atomic E-state index is -0.199. The molecule has 0 bridgehead atoms. The molecule has 0 saturated carbocycles. The van der Waals surface area contributed by atoms with Gasteiger partial charge in [-0.1, -0.05) is 133 Å². The van der Waals surface area contributed by atoms with Gasteiger partial charge in [-0.05, 0) is 60.2 Å². The van der Waals surface area contributed by atoms with E-state index in [9.17, 15) is 0 Å². The monoisotopic (exact) mass is 743 g/mol. The van der Waals surface area contributed by atoms with Gasteiger partial charge in [-0.15, -0.1) is 0 Å². The molecule has 0 fully saturated rings. The largest absolute Gasteiger partial charge is 0.333 e. The lowest BCUT2D eigenvalue weighted by molar-refractivity contribution is 0.557. The lowest BCUT2D eigenvalue weighted by atomic mass is 9.91. The number of benzene rings is 7. The molecule has 5 nitrogen and oxygen atoms in total. The van der Waals surface area contributed by atoms with Crippen molar-refractivity contribution in [3.63, 3.8) is 0 Å².